The summed E-state index contributed by atoms with van der Waals surface area (Å²) in [6.07, 6.45) is 1.92. The minimum Gasteiger partial charge on any atom is -0.438 e. The van der Waals surface area contributed by atoms with Gasteiger partial charge in [0, 0.05) is 50.2 Å². The van der Waals surface area contributed by atoms with Crippen molar-refractivity contribution in [2.24, 2.45) is 0 Å². The van der Waals surface area contributed by atoms with E-state index in [1.165, 1.54) is 0 Å². The fraction of sp³-hybridized carbons (Fsp3) is 0. The first-order chi connectivity index (χ1) is 23.3. The molecule has 0 radical (unpaired) electrons. The van der Waals surface area contributed by atoms with Gasteiger partial charge in [-0.1, -0.05) is 115 Å². The normalized spacial score (nSPS) is 11.4. The molecule has 0 saturated heterocycles. The van der Waals surface area contributed by atoms with Gasteiger partial charge in [-0.05, 0) is 35.9 Å². The summed E-state index contributed by atoms with van der Waals surface area (Å²) in [4.78, 5) is 24.5. The lowest BCUT2D eigenvalue weighted by Crippen LogP contribution is -2.00. The second-order valence-electron chi connectivity index (χ2n) is 11.4. The molecule has 0 saturated carbocycles. The molecule has 5 aromatic carbocycles. The van der Waals surface area contributed by atoms with Crippen LogP contribution in [0.25, 0.3) is 89.5 Å². The Labute approximate surface area is 270 Å². The lowest BCUT2D eigenvalue weighted by atomic mass is 10.0. The van der Waals surface area contributed by atoms with Crippen molar-refractivity contribution in [2.45, 2.75) is 0 Å². The van der Waals surface area contributed by atoms with Gasteiger partial charge in [0.05, 0.1) is 11.2 Å². The van der Waals surface area contributed by atoms with Crippen LogP contribution in [0.2, 0.25) is 0 Å². The van der Waals surface area contributed by atoms with E-state index < -0.39 is 0 Å². The highest BCUT2D eigenvalue weighted by molar-refractivity contribution is 6.04. The lowest BCUT2D eigenvalue weighted by molar-refractivity contribution is 0.654. The van der Waals surface area contributed by atoms with Crippen molar-refractivity contribution < 1.29 is 4.42 Å². The number of benzene rings is 5. The summed E-state index contributed by atoms with van der Waals surface area (Å²) < 4.78 is 6.07. The predicted octanol–water partition coefficient (Wildman–Crippen LogP) is 10.0. The molecule has 0 spiro atoms. The molecule has 4 aromatic heterocycles. The molecule has 6 heteroatoms. The highest BCUT2D eigenvalue weighted by atomic mass is 16.3. The molecule has 0 N–H and O–H groups in total. The van der Waals surface area contributed by atoms with Crippen molar-refractivity contribution in [1.82, 2.24) is 24.9 Å². The molecule has 47 heavy (non-hydrogen) atoms. The molecule has 0 atom stereocenters. The maximum atomic E-state index is 6.07. The van der Waals surface area contributed by atoms with Crippen LogP contribution in [-0.4, -0.2) is 24.9 Å². The fourth-order valence-electron chi connectivity index (χ4n) is 6.06. The zero-order chi connectivity index (χ0) is 31.2. The van der Waals surface area contributed by atoms with Crippen molar-refractivity contribution in [2.75, 3.05) is 0 Å². The minimum absolute atomic E-state index is 0.614. The number of para-hydroxylation sites is 2. The first-order valence-electron chi connectivity index (χ1n) is 15.4. The van der Waals surface area contributed by atoms with E-state index in [4.69, 9.17) is 29.3 Å². The van der Waals surface area contributed by atoms with Gasteiger partial charge in [0.15, 0.2) is 17.5 Å². The molecule has 0 unspecified atom stereocenters. The van der Waals surface area contributed by atoms with E-state index in [0.717, 1.165) is 66.3 Å². The van der Waals surface area contributed by atoms with Crippen molar-refractivity contribution in [3.63, 3.8) is 0 Å². The number of aromatic nitrogens is 5. The number of pyridine rings is 2. The van der Waals surface area contributed by atoms with Crippen LogP contribution in [0.5, 0.6) is 0 Å². The summed E-state index contributed by atoms with van der Waals surface area (Å²) >= 11 is 0. The molecule has 220 valence electrons. The standard InChI is InChI=1S/C41H25N5O/c1-3-11-26(12-4-1)38-44-39(27-13-5-2-6-14-27)46-40(45-38)30-17-9-15-28(23-30)31-24-29-16-10-19-34(37(29)42-25-31)35-22-21-33-32-18-7-8-20-36(32)47-41(33)43-35/h1-25H. The number of furan rings is 1. The molecule has 0 aliphatic carbocycles. The number of fused-ring (bicyclic) bond motifs is 4. The van der Waals surface area contributed by atoms with Gasteiger partial charge in [-0.15, -0.1) is 0 Å². The average Bonchev–Trinajstić information content (AvgIpc) is 3.53. The van der Waals surface area contributed by atoms with Gasteiger partial charge in [0.2, 0.25) is 5.71 Å². The van der Waals surface area contributed by atoms with Gasteiger partial charge >= 0.3 is 0 Å². The molecule has 0 aliphatic heterocycles. The van der Waals surface area contributed by atoms with E-state index in [1.807, 2.05) is 109 Å². The Hall–Kier alpha value is -6.53. The molecular weight excluding hydrogens is 578 g/mol. The van der Waals surface area contributed by atoms with E-state index in [9.17, 15) is 0 Å². The molecule has 0 amide bonds. The third-order valence-corrected chi connectivity index (χ3v) is 8.38. The van der Waals surface area contributed by atoms with Gasteiger partial charge in [-0.2, -0.15) is 0 Å². The monoisotopic (exact) mass is 603 g/mol. The number of nitrogens with zero attached hydrogens (tertiary/aromatic N) is 5. The number of rotatable bonds is 5. The van der Waals surface area contributed by atoms with E-state index in [0.29, 0.717) is 23.2 Å². The zero-order valence-corrected chi connectivity index (χ0v) is 25.1. The summed E-state index contributed by atoms with van der Waals surface area (Å²) in [5.41, 5.74) is 8.91. The SMILES string of the molecule is c1ccc(-c2nc(-c3ccccc3)nc(-c3cccc(-c4cnc5c(-c6ccc7c(n6)oc6ccccc67)cccc5c4)c3)n2)cc1. The third-order valence-electron chi connectivity index (χ3n) is 8.38. The second-order valence-corrected chi connectivity index (χ2v) is 11.4. The molecule has 0 aliphatic rings. The molecule has 6 nitrogen and oxygen atoms in total. The number of hydrogen-bond acceptors (Lipinski definition) is 6. The summed E-state index contributed by atoms with van der Waals surface area (Å²) in [6, 6.07) is 48.8. The lowest BCUT2D eigenvalue weighted by Gasteiger charge is -2.10. The van der Waals surface area contributed by atoms with Crippen molar-refractivity contribution in [3.8, 4) is 56.5 Å². The Morgan fingerprint density at radius 2 is 1.06 bits per heavy atom. The van der Waals surface area contributed by atoms with Crippen LogP contribution in [0.15, 0.2) is 156 Å². The van der Waals surface area contributed by atoms with Crippen molar-refractivity contribution >= 4 is 33.0 Å². The molecule has 0 fully saturated rings. The maximum Gasteiger partial charge on any atom is 0.227 e. The van der Waals surface area contributed by atoms with Crippen molar-refractivity contribution in [3.05, 3.63) is 152 Å². The topological polar surface area (TPSA) is 77.6 Å². The average molecular weight is 604 g/mol. The van der Waals surface area contributed by atoms with E-state index in [1.54, 1.807) is 0 Å². The van der Waals surface area contributed by atoms with Crippen LogP contribution in [0.3, 0.4) is 0 Å². The number of hydrogen-bond donors (Lipinski definition) is 0. The van der Waals surface area contributed by atoms with Crippen LogP contribution in [0.1, 0.15) is 0 Å². The summed E-state index contributed by atoms with van der Waals surface area (Å²) in [5, 5.41) is 3.09. The molecule has 4 heterocycles. The van der Waals surface area contributed by atoms with Gasteiger partial charge in [-0.25, -0.2) is 19.9 Å². The fourth-order valence-corrected chi connectivity index (χ4v) is 6.06. The minimum atomic E-state index is 0.614. The van der Waals surface area contributed by atoms with Crippen LogP contribution < -0.4 is 0 Å². The smallest absolute Gasteiger partial charge is 0.227 e. The van der Waals surface area contributed by atoms with Gasteiger partial charge < -0.3 is 4.42 Å². The first kappa shape index (κ1) is 26.8. The summed E-state index contributed by atoms with van der Waals surface area (Å²) in [7, 11) is 0. The second kappa shape index (κ2) is 11.1. The summed E-state index contributed by atoms with van der Waals surface area (Å²) in [6.45, 7) is 0. The highest BCUT2D eigenvalue weighted by Crippen LogP contribution is 2.34. The van der Waals surface area contributed by atoms with Crippen LogP contribution in [0.4, 0.5) is 0 Å². The Bertz CT molecular complexity index is 2520. The van der Waals surface area contributed by atoms with Gasteiger partial charge in [0.1, 0.15) is 5.58 Å². The van der Waals surface area contributed by atoms with E-state index >= 15 is 0 Å². The molecule has 9 rings (SSSR count). The Morgan fingerprint density at radius 1 is 0.426 bits per heavy atom. The maximum absolute atomic E-state index is 6.07. The van der Waals surface area contributed by atoms with E-state index in [-0.39, 0.29) is 0 Å². The van der Waals surface area contributed by atoms with Crippen LogP contribution in [-0.2, 0) is 0 Å². The largest absolute Gasteiger partial charge is 0.438 e. The zero-order valence-electron chi connectivity index (χ0n) is 25.1. The first-order valence-corrected chi connectivity index (χ1v) is 15.4. The molecule has 0 bridgehead atoms. The third kappa shape index (κ3) is 4.89. The molecule has 9 aromatic rings. The van der Waals surface area contributed by atoms with Crippen LogP contribution in [0, 0.1) is 0 Å². The highest BCUT2D eigenvalue weighted by Gasteiger charge is 2.15. The summed E-state index contributed by atoms with van der Waals surface area (Å²) in [5.74, 6) is 1.88. The molecular formula is C41H25N5O. The predicted molar refractivity (Wildman–Crippen MR) is 187 cm³/mol. The quantitative estimate of drug-likeness (QED) is 0.195. The van der Waals surface area contributed by atoms with E-state index in [2.05, 4.69) is 42.5 Å². The van der Waals surface area contributed by atoms with Gasteiger partial charge in [-0.3, -0.25) is 4.98 Å². The van der Waals surface area contributed by atoms with Gasteiger partial charge in [0.25, 0.3) is 0 Å². The van der Waals surface area contributed by atoms with Crippen molar-refractivity contribution in [1.29, 1.82) is 0 Å². The van der Waals surface area contributed by atoms with Crippen LogP contribution >= 0.6 is 0 Å². The Kier molecular flexibility index (Phi) is 6.35. The Balaban J connectivity index is 1.11. The Morgan fingerprint density at radius 3 is 1.83 bits per heavy atom.